The zero-order chi connectivity index (χ0) is 18.9. The predicted molar refractivity (Wildman–Crippen MR) is 92.3 cm³/mol. The number of aliphatic hydroxyl groups excluding tert-OH is 1. The Morgan fingerprint density at radius 2 is 1.96 bits per heavy atom. The molecule has 1 aromatic carbocycles. The van der Waals surface area contributed by atoms with Gasteiger partial charge in [-0.1, -0.05) is 6.07 Å². The number of halogens is 2. The van der Waals surface area contributed by atoms with E-state index in [9.17, 15) is 13.6 Å². The molecule has 0 saturated heterocycles. The average Bonchev–Trinajstić information content (AvgIpc) is 2.49. The van der Waals surface area contributed by atoms with Crippen LogP contribution in [0.15, 0.2) is 18.2 Å². The van der Waals surface area contributed by atoms with E-state index < -0.39 is 23.3 Å². The molecule has 0 bridgehead atoms. The van der Waals surface area contributed by atoms with Gasteiger partial charge in [0, 0.05) is 30.8 Å². The number of carbonyl (C=O) groups excluding carboxylic acids is 1. The van der Waals surface area contributed by atoms with Gasteiger partial charge >= 0.3 is 6.09 Å². The standard InChI is InChI=1S/C18H28F2N2O3/c1-18(2,3)25-17(24)22-9-5-4-6-16(21-10-11-23)14-8-7-13(19)12-15(14)20/h7-8,12,16,21,23H,4-6,9-11H2,1-3H3,(H,22,24). The second-order valence-corrected chi connectivity index (χ2v) is 6.82. The van der Waals surface area contributed by atoms with Gasteiger partial charge in [0.1, 0.15) is 17.2 Å². The van der Waals surface area contributed by atoms with Crippen LogP contribution in [0.2, 0.25) is 0 Å². The number of amides is 1. The van der Waals surface area contributed by atoms with Crippen LogP contribution in [0, 0.1) is 11.6 Å². The van der Waals surface area contributed by atoms with Crippen LogP contribution in [0.4, 0.5) is 13.6 Å². The SMILES string of the molecule is CC(C)(C)OC(=O)NCCCCC(NCCO)c1ccc(F)cc1F. The summed E-state index contributed by atoms with van der Waals surface area (Å²) in [6.45, 7) is 6.08. The fourth-order valence-corrected chi connectivity index (χ4v) is 2.37. The third-order valence-corrected chi connectivity index (χ3v) is 3.43. The van der Waals surface area contributed by atoms with E-state index in [1.165, 1.54) is 12.1 Å². The van der Waals surface area contributed by atoms with Gasteiger partial charge in [0.15, 0.2) is 0 Å². The van der Waals surface area contributed by atoms with Gasteiger partial charge in [-0.05, 0) is 46.1 Å². The number of hydrogen-bond acceptors (Lipinski definition) is 4. The van der Waals surface area contributed by atoms with Gasteiger partial charge in [-0.2, -0.15) is 0 Å². The van der Waals surface area contributed by atoms with E-state index in [1.54, 1.807) is 20.8 Å². The summed E-state index contributed by atoms with van der Waals surface area (Å²) >= 11 is 0. The normalized spacial score (nSPS) is 12.7. The van der Waals surface area contributed by atoms with E-state index in [4.69, 9.17) is 9.84 Å². The van der Waals surface area contributed by atoms with E-state index in [0.29, 0.717) is 31.5 Å². The van der Waals surface area contributed by atoms with Crippen molar-refractivity contribution < 1.29 is 23.4 Å². The lowest BCUT2D eigenvalue weighted by atomic mass is 10.00. The summed E-state index contributed by atoms with van der Waals surface area (Å²) in [4.78, 5) is 11.5. The molecule has 0 saturated carbocycles. The molecule has 0 spiro atoms. The Morgan fingerprint density at radius 1 is 1.24 bits per heavy atom. The van der Waals surface area contributed by atoms with E-state index in [-0.39, 0.29) is 12.6 Å². The Morgan fingerprint density at radius 3 is 2.56 bits per heavy atom. The van der Waals surface area contributed by atoms with E-state index >= 15 is 0 Å². The van der Waals surface area contributed by atoms with Crippen molar-refractivity contribution in [2.24, 2.45) is 0 Å². The van der Waals surface area contributed by atoms with Crippen LogP contribution in [-0.2, 0) is 4.74 Å². The van der Waals surface area contributed by atoms with E-state index in [1.807, 2.05) is 0 Å². The van der Waals surface area contributed by atoms with Crippen LogP contribution in [0.1, 0.15) is 51.6 Å². The van der Waals surface area contributed by atoms with Crippen molar-refractivity contribution in [1.29, 1.82) is 0 Å². The summed E-state index contributed by atoms with van der Waals surface area (Å²) in [5, 5.41) is 14.7. The highest BCUT2D eigenvalue weighted by atomic mass is 19.1. The Hall–Kier alpha value is -1.73. The minimum Gasteiger partial charge on any atom is -0.444 e. The van der Waals surface area contributed by atoms with Crippen LogP contribution >= 0.6 is 0 Å². The van der Waals surface area contributed by atoms with E-state index in [0.717, 1.165) is 12.5 Å². The number of ether oxygens (including phenoxy) is 1. The molecule has 0 aliphatic carbocycles. The van der Waals surface area contributed by atoms with Gasteiger partial charge < -0.3 is 20.5 Å². The number of aliphatic hydroxyl groups is 1. The number of benzene rings is 1. The largest absolute Gasteiger partial charge is 0.444 e. The second kappa shape index (κ2) is 10.3. The molecular formula is C18H28F2N2O3. The molecule has 0 radical (unpaired) electrons. The molecule has 5 nitrogen and oxygen atoms in total. The first-order chi connectivity index (χ1) is 11.7. The third-order valence-electron chi connectivity index (χ3n) is 3.43. The van der Waals surface area contributed by atoms with Crippen molar-refractivity contribution in [2.45, 2.75) is 51.7 Å². The molecule has 25 heavy (non-hydrogen) atoms. The zero-order valence-electron chi connectivity index (χ0n) is 15.1. The molecule has 0 heterocycles. The lowest BCUT2D eigenvalue weighted by Crippen LogP contribution is -2.33. The lowest BCUT2D eigenvalue weighted by molar-refractivity contribution is 0.0527. The highest BCUT2D eigenvalue weighted by Gasteiger charge is 2.17. The predicted octanol–water partition coefficient (Wildman–Crippen LogP) is 3.28. The molecule has 1 atom stereocenters. The van der Waals surface area contributed by atoms with Crippen LogP contribution in [-0.4, -0.2) is 36.5 Å². The summed E-state index contributed by atoms with van der Waals surface area (Å²) < 4.78 is 32.1. The monoisotopic (exact) mass is 358 g/mol. The topological polar surface area (TPSA) is 70.6 Å². The summed E-state index contributed by atoms with van der Waals surface area (Å²) in [5.74, 6) is -1.23. The molecular weight excluding hydrogens is 330 g/mol. The fraction of sp³-hybridized carbons (Fsp3) is 0.611. The molecule has 1 amide bonds. The number of carbonyl (C=O) groups is 1. The summed E-state index contributed by atoms with van der Waals surface area (Å²) in [5.41, 5.74) is -0.168. The highest BCUT2D eigenvalue weighted by Crippen LogP contribution is 2.23. The van der Waals surface area contributed by atoms with Gasteiger partial charge in [-0.15, -0.1) is 0 Å². The maximum absolute atomic E-state index is 14.0. The Balaban J connectivity index is 2.45. The van der Waals surface area contributed by atoms with Crippen molar-refractivity contribution in [1.82, 2.24) is 10.6 Å². The van der Waals surface area contributed by atoms with Gasteiger partial charge in [0.25, 0.3) is 0 Å². The maximum atomic E-state index is 14.0. The van der Waals surface area contributed by atoms with Crippen LogP contribution in [0.3, 0.4) is 0 Å². The van der Waals surface area contributed by atoms with Crippen LogP contribution < -0.4 is 10.6 Å². The second-order valence-electron chi connectivity index (χ2n) is 6.82. The van der Waals surface area contributed by atoms with Crippen molar-refractivity contribution in [3.8, 4) is 0 Å². The summed E-state index contributed by atoms with van der Waals surface area (Å²) in [6, 6.07) is 3.16. The molecule has 1 unspecified atom stereocenters. The number of unbranched alkanes of at least 4 members (excludes halogenated alkanes) is 1. The molecule has 0 fully saturated rings. The summed E-state index contributed by atoms with van der Waals surface area (Å²) in [7, 11) is 0. The lowest BCUT2D eigenvalue weighted by Gasteiger charge is -2.20. The van der Waals surface area contributed by atoms with Crippen molar-refractivity contribution >= 4 is 6.09 Å². The van der Waals surface area contributed by atoms with Gasteiger partial charge in [0.2, 0.25) is 0 Å². The minimum atomic E-state index is -0.622. The van der Waals surface area contributed by atoms with Crippen LogP contribution in [0.25, 0.3) is 0 Å². The number of hydrogen-bond donors (Lipinski definition) is 3. The Kier molecular flexibility index (Phi) is 8.78. The molecule has 7 heteroatoms. The van der Waals surface area contributed by atoms with Crippen molar-refractivity contribution in [3.63, 3.8) is 0 Å². The molecule has 0 aliphatic rings. The zero-order valence-corrected chi connectivity index (χ0v) is 15.1. The fourth-order valence-electron chi connectivity index (χ4n) is 2.37. The molecule has 0 aromatic heterocycles. The Labute approximate surface area is 147 Å². The number of rotatable bonds is 9. The first-order valence-electron chi connectivity index (χ1n) is 8.49. The summed E-state index contributed by atoms with van der Waals surface area (Å²) in [6.07, 6.45) is 1.54. The maximum Gasteiger partial charge on any atom is 0.407 e. The molecule has 1 rings (SSSR count). The first-order valence-corrected chi connectivity index (χ1v) is 8.49. The van der Waals surface area contributed by atoms with E-state index in [2.05, 4.69) is 10.6 Å². The average molecular weight is 358 g/mol. The highest BCUT2D eigenvalue weighted by molar-refractivity contribution is 5.67. The molecule has 1 aromatic rings. The van der Waals surface area contributed by atoms with Gasteiger partial charge in [-0.3, -0.25) is 0 Å². The van der Waals surface area contributed by atoms with Gasteiger partial charge in [-0.25, -0.2) is 13.6 Å². The van der Waals surface area contributed by atoms with Crippen molar-refractivity contribution in [3.05, 3.63) is 35.4 Å². The third kappa shape index (κ3) is 8.79. The van der Waals surface area contributed by atoms with Gasteiger partial charge in [0.05, 0.1) is 6.61 Å². The molecule has 142 valence electrons. The Bertz CT molecular complexity index is 548. The number of nitrogens with one attached hydrogen (secondary N) is 2. The number of alkyl carbamates (subject to hydrolysis) is 1. The minimum absolute atomic E-state index is 0.0699. The van der Waals surface area contributed by atoms with Crippen molar-refractivity contribution in [2.75, 3.05) is 19.7 Å². The first kappa shape index (κ1) is 21.3. The smallest absolute Gasteiger partial charge is 0.407 e. The molecule has 0 aliphatic heterocycles. The quantitative estimate of drug-likeness (QED) is 0.593. The molecule has 3 N–H and O–H groups in total. The van der Waals surface area contributed by atoms with Crippen LogP contribution in [0.5, 0.6) is 0 Å².